The lowest BCUT2D eigenvalue weighted by atomic mass is 9.95. The van der Waals surface area contributed by atoms with Crippen molar-refractivity contribution in [3.8, 4) is 0 Å². The summed E-state index contributed by atoms with van der Waals surface area (Å²) in [5, 5.41) is 0. The first kappa shape index (κ1) is 34.7. The molecule has 2 aromatic rings. The molecular formula is C30H41BrF2O6. The van der Waals surface area contributed by atoms with Gasteiger partial charge in [0.1, 0.15) is 16.5 Å². The maximum atomic E-state index is 13.4. The minimum atomic E-state index is -0.672. The molecule has 2 saturated heterocycles. The average Bonchev–Trinajstić information content (AvgIpc) is 2.93. The molecule has 2 aliphatic heterocycles. The summed E-state index contributed by atoms with van der Waals surface area (Å²) in [6.45, 7) is 1.42. The smallest absolute Gasteiger partial charge is 0.324 e. The van der Waals surface area contributed by atoms with Crippen LogP contribution in [0.5, 0.6) is 0 Å². The number of methoxy groups -OCH3 is 2. The summed E-state index contributed by atoms with van der Waals surface area (Å²) < 4.78 is 47.4. The second kappa shape index (κ2) is 17.4. The van der Waals surface area contributed by atoms with Gasteiger partial charge in [-0.2, -0.15) is 0 Å². The third kappa shape index (κ3) is 9.96. The van der Waals surface area contributed by atoms with Crippen molar-refractivity contribution in [2.24, 2.45) is 0 Å². The highest BCUT2D eigenvalue weighted by Gasteiger charge is 2.27. The molecule has 0 aromatic heterocycles. The molecule has 0 spiro atoms. The predicted octanol–water partition coefficient (Wildman–Crippen LogP) is 7.73. The normalized spacial score (nSPS) is 19.2. The second-order valence-electron chi connectivity index (χ2n) is 8.97. The summed E-state index contributed by atoms with van der Waals surface area (Å²) in [5.74, 6) is -1.52. The molecule has 0 saturated carbocycles. The molecule has 39 heavy (non-hydrogen) atoms. The Kier molecular flexibility index (Phi) is 15.4. The van der Waals surface area contributed by atoms with E-state index in [2.05, 4.69) is 20.7 Å². The number of alkyl halides is 1. The van der Waals surface area contributed by atoms with E-state index in [1.807, 2.05) is 0 Å². The molecule has 218 valence electrons. The van der Waals surface area contributed by atoms with Crippen LogP contribution in [0.15, 0.2) is 36.4 Å². The van der Waals surface area contributed by atoms with E-state index in [1.165, 1.54) is 38.5 Å². The van der Waals surface area contributed by atoms with Crippen molar-refractivity contribution in [2.45, 2.75) is 76.8 Å². The maximum absolute atomic E-state index is 13.4. The molecular weight excluding hydrogens is 574 g/mol. The number of hydrogen-bond acceptors (Lipinski definition) is 6. The third-order valence-corrected chi connectivity index (χ3v) is 7.32. The van der Waals surface area contributed by atoms with Crippen molar-refractivity contribution in [2.75, 3.05) is 27.4 Å². The highest BCUT2D eigenvalue weighted by molar-refractivity contribution is 9.09. The first-order chi connectivity index (χ1) is 17.8. The van der Waals surface area contributed by atoms with Gasteiger partial charge in [0, 0.05) is 13.2 Å². The van der Waals surface area contributed by atoms with E-state index in [9.17, 15) is 18.4 Å². The fraction of sp³-hybridized carbons (Fsp3) is 0.533. The van der Waals surface area contributed by atoms with Crippen LogP contribution < -0.4 is 0 Å². The number of carbonyl (C=O) groups excluding carboxylic acids is 2. The maximum Gasteiger partial charge on any atom is 0.324 e. The topological polar surface area (TPSA) is 71.1 Å². The molecule has 3 atom stereocenters. The molecule has 3 unspecified atom stereocenters. The van der Waals surface area contributed by atoms with Crippen LogP contribution in [0, 0.1) is 11.6 Å². The highest BCUT2D eigenvalue weighted by atomic mass is 79.9. The van der Waals surface area contributed by atoms with Gasteiger partial charge in [0.25, 0.3) is 0 Å². The van der Waals surface area contributed by atoms with E-state index in [1.54, 1.807) is 12.1 Å². The van der Waals surface area contributed by atoms with Gasteiger partial charge in [-0.15, -0.1) is 0 Å². The molecule has 0 aliphatic carbocycles. The summed E-state index contributed by atoms with van der Waals surface area (Å²) in [5.41, 5.74) is 3.00. The Balaban J connectivity index is 0.000000371. The Bertz CT molecular complexity index is 1050. The Morgan fingerprint density at radius 2 is 1.41 bits per heavy atom. The number of halogens is 3. The number of carbonyl (C=O) groups is 2. The third-order valence-electron chi connectivity index (χ3n) is 6.45. The minimum absolute atomic E-state index is 0. The van der Waals surface area contributed by atoms with Crippen LogP contribution in [0.4, 0.5) is 8.78 Å². The van der Waals surface area contributed by atoms with Gasteiger partial charge in [0.05, 0.1) is 32.8 Å². The lowest BCUT2D eigenvalue weighted by Gasteiger charge is -2.26. The van der Waals surface area contributed by atoms with Gasteiger partial charge in [-0.25, -0.2) is 8.78 Å². The first-order valence-corrected chi connectivity index (χ1v) is 13.3. The van der Waals surface area contributed by atoms with Crippen molar-refractivity contribution in [1.29, 1.82) is 0 Å². The highest BCUT2D eigenvalue weighted by Crippen LogP contribution is 2.36. The lowest BCUT2D eigenvalue weighted by Crippen LogP contribution is -2.17. The molecule has 6 nitrogen and oxygen atoms in total. The lowest BCUT2D eigenvalue weighted by molar-refractivity contribution is -0.140. The van der Waals surface area contributed by atoms with E-state index in [4.69, 9.17) is 14.2 Å². The number of esters is 2. The molecule has 0 amide bonds. The quantitative estimate of drug-likeness (QED) is 0.245. The van der Waals surface area contributed by atoms with Crippen LogP contribution in [0.2, 0.25) is 0 Å². The first-order valence-electron chi connectivity index (χ1n) is 12.4. The molecule has 2 fully saturated rings. The van der Waals surface area contributed by atoms with E-state index in [0.29, 0.717) is 17.7 Å². The monoisotopic (exact) mass is 614 g/mol. The van der Waals surface area contributed by atoms with Gasteiger partial charge in [-0.1, -0.05) is 42.9 Å². The average molecular weight is 616 g/mol. The summed E-state index contributed by atoms with van der Waals surface area (Å²) in [6.07, 6.45) is 6.06. The van der Waals surface area contributed by atoms with E-state index in [-0.39, 0.29) is 51.1 Å². The van der Waals surface area contributed by atoms with Gasteiger partial charge in [-0.3, -0.25) is 9.59 Å². The van der Waals surface area contributed by atoms with E-state index in [0.717, 1.165) is 56.3 Å². The number of rotatable bonds is 6. The van der Waals surface area contributed by atoms with Crippen molar-refractivity contribution < 1.29 is 37.3 Å². The van der Waals surface area contributed by atoms with E-state index >= 15 is 0 Å². The van der Waals surface area contributed by atoms with Crippen LogP contribution >= 0.6 is 15.9 Å². The molecule has 0 bridgehead atoms. The standard InChI is InChI=1S/C14H16BrFO3.C14H17FO3.2CH4/c1-18-14(17)13(15)11-8-9(16)5-6-10(11)12-4-2-3-7-19-12;1-17-14(16)9-10-8-11(15)5-6-12(10)13-4-2-3-7-18-13;;/h5-6,8,12-13H,2-4,7H2,1H3;5-6,8,13H,2-4,7,9H2,1H3;2*1H4. The van der Waals surface area contributed by atoms with Gasteiger partial charge in [0.15, 0.2) is 0 Å². The van der Waals surface area contributed by atoms with Crippen LogP contribution in [-0.4, -0.2) is 39.4 Å². The molecule has 0 radical (unpaired) electrons. The van der Waals surface area contributed by atoms with Crippen molar-refractivity contribution in [1.82, 2.24) is 0 Å². The molecule has 9 heteroatoms. The van der Waals surface area contributed by atoms with Crippen LogP contribution in [0.3, 0.4) is 0 Å². The Hall–Kier alpha value is -2.36. The van der Waals surface area contributed by atoms with Gasteiger partial charge < -0.3 is 18.9 Å². The van der Waals surface area contributed by atoms with Crippen molar-refractivity contribution in [3.63, 3.8) is 0 Å². The SMILES string of the molecule is C.C.COC(=O)C(Br)c1cc(F)ccc1C1CCCCO1.COC(=O)Cc1cc(F)ccc1C1CCCCO1. The molecule has 2 heterocycles. The fourth-order valence-electron chi connectivity index (χ4n) is 4.53. The fourth-order valence-corrected chi connectivity index (χ4v) is 5.11. The zero-order valence-electron chi connectivity index (χ0n) is 21.1. The summed E-state index contributed by atoms with van der Waals surface area (Å²) in [7, 11) is 2.64. The Morgan fingerprint density at radius 3 is 1.92 bits per heavy atom. The van der Waals surface area contributed by atoms with Gasteiger partial charge in [-0.05, 0) is 85.0 Å². The van der Waals surface area contributed by atoms with Gasteiger partial charge in [0.2, 0.25) is 0 Å². The number of hydrogen-bond donors (Lipinski definition) is 0. The van der Waals surface area contributed by atoms with E-state index < -0.39 is 10.8 Å². The van der Waals surface area contributed by atoms with Crippen LogP contribution in [0.1, 0.15) is 92.7 Å². The Morgan fingerprint density at radius 1 is 0.872 bits per heavy atom. The predicted molar refractivity (Wildman–Crippen MR) is 151 cm³/mol. The zero-order chi connectivity index (χ0) is 26.8. The van der Waals surface area contributed by atoms with Crippen molar-refractivity contribution in [3.05, 3.63) is 70.3 Å². The number of ether oxygens (including phenoxy) is 4. The molecule has 2 aliphatic rings. The largest absolute Gasteiger partial charge is 0.469 e. The summed E-state index contributed by atoms with van der Waals surface area (Å²) in [6, 6.07) is 8.97. The molecule has 2 aromatic carbocycles. The zero-order valence-corrected chi connectivity index (χ0v) is 22.7. The van der Waals surface area contributed by atoms with Crippen LogP contribution in [0.25, 0.3) is 0 Å². The second-order valence-corrected chi connectivity index (χ2v) is 9.88. The number of benzene rings is 2. The Labute approximate surface area is 239 Å². The minimum Gasteiger partial charge on any atom is -0.469 e. The van der Waals surface area contributed by atoms with Crippen LogP contribution in [-0.2, 0) is 35.0 Å². The van der Waals surface area contributed by atoms with Gasteiger partial charge >= 0.3 is 11.9 Å². The van der Waals surface area contributed by atoms with Crippen molar-refractivity contribution >= 4 is 27.9 Å². The summed E-state index contributed by atoms with van der Waals surface area (Å²) in [4.78, 5) is 22.3. The molecule has 0 N–H and O–H groups in total. The molecule has 4 rings (SSSR count). The summed E-state index contributed by atoms with van der Waals surface area (Å²) >= 11 is 3.27.